The zero-order valence-electron chi connectivity index (χ0n) is 7.90. The third kappa shape index (κ3) is 2.23. The summed E-state index contributed by atoms with van der Waals surface area (Å²) < 4.78 is 24.6. The number of hydrogen-bond donors (Lipinski definition) is 1. The molecule has 0 saturated heterocycles. The van der Waals surface area contributed by atoms with Gasteiger partial charge in [-0.3, -0.25) is 9.71 Å². The maximum absolute atomic E-state index is 11.1. The van der Waals surface area contributed by atoms with Gasteiger partial charge in [-0.15, -0.1) is 0 Å². The first-order valence-corrected chi connectivity index (χ1v) is 6.38. The lowest BCUT2D eigenvalue weighted by Gasteiger charge is -2.07. The van der Waals surface area contributed by atoms with E-state index in [0.29, 0.717) is 11.6 Å². The summed E-state index contributed by atoms with van der Waals surface area (Å²) >= 11 is 0. The van der Waals surface area contributed by atoms with Crippen LogP contribution in [0.3, 0.4) is 0 Å². The topological polar surface area (TPSA) is 59.1 Å². The molecule has 0 bridgehead atoms. The van der Waals surface area contributed by atoms with E-state index in [0.717, 1.165) is 24.8 Å². The average molecular weight is 212 g/mol. The molecular weight excluding hydrogens is 200 g/mol. The fourth-order valence-corrected chi connectivity index (χ4v) is 1.96. The molecule has 1 saturated carbocycles. The second-order valence-electron chi connectivity index (χ2n) is 3.58. The molecule has 2 rings (SSSR count). The Labute approximate surface area is 83.4 Å². The van der Waals surface area contributed by atoms with Crippen LogP contribution in [-0.2, 0) is 10.0 Å². The zero-order valence-corrected chi connectivity index (χ0v) is 8.71. The van der Waals surface area contributed by atoms with Crippen molar-refractivity contribution in [2.45, 2.75) is 18.8 Å². The molecule has 1 aliphatic rings. The SMILES string of the molecule is CS(=O)(=O)Nc1cccnc1C1CC1. The third-order valence-corrected chi connectivity index (χ3v) is 2.69. The van der Waals surface area contributed by atoms with Crippen LogP contribution >= 0.6 is 0 Å². The van der Waals surface area contributed by atoms with Gasteiger partial charge in [-0.1, -0.05) is 0 Å². The van der Waals surface area contributed by atoms with Crippen molar-refractivity contribution in [3.8, 4) is 0 Å². The van der Waals surface area contributed by atoms with Crippen molar-refractivity contribution in [1.29, 1.82) is 0 Å². The van der Waals surface area contributed by atoms with Crippen molar-refractivity contribution in [2.24, 2.45) is 0 Å². The van der Waals surface area contributed by atoms with Gasteiger partial charge in [-0.25, -0.2) is 8.42 Å². The van der Waals surface area contributed by atoms with Crippen molar-refractivity contribution in [3.05, 3.63) is 24.0 Å². The number of sulfonamides is 1. The van der Waals surface area contributed by atoms with E-state index < -0.39 is 10.0 Å². The first-order chi connectivity index (χ1) is 6.56. The van der Waals surface area contributed by atoms with Crippen LogP contribution in [0, 0.1) is 0 Å². The second-order valence-corrected chi connectivity index (χ2v) is 5.33. The first-order valence-electron chi connectivity index (χ1n) is 4.49. The minimum atomic E-state index is -3.20. The smallest absolute Gasteiger partial charge is 0.229 e. The van der Waals surface area contributed by atoms with Gasteiger partial charge in [0.25, 0.3) is 0 Å². The molecule has 1 aromatic rings. The fraction of sp³-hybridized carbons (Fsp3) is 0.444. The molecule has 1 N–H and O–H groups in total. The summed E-state index contributed by atoms with van der Waals surface area (Å²) in [5.74, 6) is 0.445. The highest BCUT2D eigenvalue weighted by Gasteiger charge is 2.27. The Morgan fingerprint density at radius 3 is 2.79 bits per heavy atom. The van der Waals surface area contributed by atoms with E-state index in [4.69, 9.17) is 0 Å². The van der Waals surface area contributed by atoms with E-state index in [9.17, 15) is 8.42 Å². The first kappa shape index (κ1) is 9.45. The molecule has 1 fully saturated rings. The molecule has 14 heavy (non-hydrogen) atoms. The van der Waals surface area contributed by atoms with E-state index in [1.165, 1.54) is 0 Å². The Bertz CT molecular complexity index is 438. The lowest BCUT2D eigenvalue weighted by atomic mass is 10.2. The van der Waals surface area contributed by atoms with Gasteiger partial charge in [0.15, 0.2) is 0 Å². The lowest BCUT2D eigenvalue weighted by Crippen LogP contribution is -2.11. The van der Waals surface area contributed by atoms with Crippen molar-refractivity contribution >= 4 is 15.7 Å². The maximum atomic E-state index is 11.1. The highest BCUT2D eigenvalue weighted by molar-refractivity contribution is 7.92. The van der Waals surface area contributed by atoms with Crippen molar-refractivity contribution in [3.63, 3.8) is 0 Å². The molecule has 5 heteroatoms. The lowest BCUT2D eigenvalue weighted by molar-refractivity contribution is 0.606. The zero-order chi connectivity index (χ0) is 10.2. The van der Waals surface area contributed by atoms with E-state index in [2.05, 4.69) is 9.71 Å². The van der Waals surface area contributed by atoms with Crippen molar-refractivity contribution in [1.82, 2.24) is 4.98 Å². The van der Waals surface area contributed by atoms with Crippen molar-refractivity contribution in [2.75, 3.05) is 11.0 Å². The van der Waals surface area contributed by atoms with Gasteiger partial charge in [0.05, 0.1) is 17.6 Å². The van der Waals surface area contributed by atoms with Gasteiger partial charge in [0.1, 0.15) is 0 Å². The number of anilines is 1. The van der Waals surface area contributed by atoms with Gasteiger partial charge < -0.3 is 0 Å². The predicted octanol–water partition coefficient (Wildman–Crippen LogP) is 1.33. The number of rotatable bonds is 3. The molecule has 1 aromatic heterocycles. The summed E-state index contributed by atoms with van der Waals surface area (Å²) in [4.78, 5) is 4.20. The number of nitrogens with one attached hydrogen (secondary N) is 1. The van der Waals surface area contributed by atoms with E-state index in [-0.39, 0.29) is 0 Å². The Hall–Kier alpha value is -1.10. The molecule has 0 aliphatic heterocycles. The van der Waals surface area contributed by atoms with Crippen molar-refractivity contribution < 1.29 is 8.42 Å². The minimum absolute atomic E-state index is 0.445. The summed E-state index contributed by atoms with van der Waals surface area (Å²) in [5, 5.41) is 0. The van der Waals surface area contributed by atoms with Crippen LogP contribution in [-0.4, -0.2) is 19.7 Å². The average Bonchev–Trinajstić information content (AvgIpc) is 2.85. The fourth-order valence-electron chi connectivity index (χ4n) is 1.39. The number of hydrogen-bond acceptors (Lipinski definition) is 3. The molecular formula is C9H12N2O2S. The molecule has 0 aromatic carbocycles. The molecule has 76 valence electrons. The second kappa shape index (κ2) is 3.24. The summed E-state index contributed by atoms with van der Waals surface area (Å²) in [7, 11) is -3.20. The summed E-state index contributed by atoms with van der Waals surface area (Å²) in [5.41, 5.74) is 1.50. The highest BCUT2D eigenvalue weighted by atomic mass is 32.2. The quantitative estimate of drug-likeness (QED) is 0.822. The number of pyridine rings is 1. The van der Waals surface area contributed by atoms with E-state index in [1.54, 1.807) is 18.3 Å². The van der Waals surface area contributed by atoms with Crippen LogP contribution in [0.25, 0.3) is 0 Å². The molecule has 1 heterocycles. The molecule has 1 aliphatic carbocycles. The van der Waals surface area contributed by atoms with Crippen LogP contribution in [0.15, 0.2) is 18.3 Å². The number of aromatic nitrogens is 1. The Morgan fingerprint density at radius 2 is 2.21 bits per heavy atom. The van der Waals surface area contributed by atoms with E-state index in [1.807, 2.05) is 0 Å². The van der Waals surface area contributed by atoms with Crippen LogP contribution < -0.4 is 4.72 Å². The van der Waals surface area contributed by atoms with Gasteiger partial charge >= 0.3 is 0 Å². The molecule has 0 atom stereocenters. The molecule has 0 unspecified atom stereocenters. The molecule has 0 radical (unpaired) electrons. The highest BCUT2D eigenvalue weighted by Crippen LogP contribution is 2.42. The predicted molar refractivity (Wildman–Crippen MR) is 54.7 cm³/mol. The summed E-state index contributed by atoms with van der Waals surface area (Å²) in [6.07, 6.45) is 5.06. The third-order valence-electron chi connectivity index (χ3n) is 2.10. The monoisotopic (exact) mass is 212 g/mol. The van der Waals surface area contributed by atoms with Gasteiger partial charge in [-0.2, -0.15) is 0 Å². The summed E-state index contributed by atoms with van der Waals surface area (Å²) in [6.45, 7) is 0. The van der Waals surface area contributed by atoms with Crippen LogP contribution in [0.5, 0.6) is 0 Å². The van der Waals surface area contributed by atoms with Gasteiger partial charge in [-0.05, 0) is 25.0 Å². The van der Waals surface area contributed by atoms with Crippen LogP contribution in [0.1, 0.15) is 24.5 Å². The Kier molecular flexibility index (Phi) is 2.19. The molecule has 0 spiro atoms. The molecule has 0 amide bonds. The van der Waals surface area contributed by atoms with Crippen LogP contribution in [0.4, 0.5) is 5.69 Å². The van der Waals surface area contributed by atoms with Gasteiger partial charge in [0.2, 0.25) is 10.0 Å². The standard InChI is InChI=1S/C9H12N2O2S/c1-14(12,13)11-8-3-2-6-10-9(8)7-4-5-7/h2-3,6-7,11H,4-5H2,1H3. The van der Waals surface area contributed by atoms with E-state index >= 15 is 0 Å². The minimum Gasteiger partial charge on any atom is -0.282 e. The van der Waals surface area contributed by atoms with Crippen LogP contribution in [0.2, 0.25) is 0 Å². The van der Waals surface area contributed by atoms with Gasteiger partial charge in [0, 0.05) is 12.1 Å². The molecule has 4 nitrogen and oxygen atoms in total. The maximum Gasteiger partial charge on any atom is 0.229 e. The Morgan fingerprint density at radius 1 is 1.50 bits per heavy atom. The normalized spacial score (nSPS) is 16.6. The number of nitrogens with zero attached hydrogens (tertiary/aromatic N) is 1. The Balaban J connectivity index is 2.32. The largest absolute Gasteiger partial charge is 0.282 e. The summed E-state index contributed by atoms with van der Waals surface area (Å²) in [6, 6.07) is 3.49.